The average molecular weight is 921 g/mol. The highest BCUT2D eigenvalue weighted by molar-refractivity contribution is 14.0. The smallest absolute Gasteiger partial charge is 0.342 e. The van der Waals surface area contributed by atoms with Crippen LogP contribution in [0.25, 0.3) is 0 Å². The van der Waals surface area contributed by atoms with Crippen LogP contribution in [0, 0.1) is 6.92 Å². The second-order valence-corrected chi connectivity index (χ2v) is 11.1. The molecule has 3 radical (unpaired) electrons. The van der Waals surface area contributed by atoms with Crippen LogP contribution in [0.4, 0.5) is 0 Å². The number of carboxylic acid groups (broad SMARTS) is 1. The number of halogens is 1. The molecule has 0 unspecified atom stereocenters. The Bertz CT molecular complexity index is 1950. The maximum atomic E-state index is 12.0. The number of phenols is 1. The number of phenolic OH excluding ortho intramolecular Hbond substituents is 1. The number of para-hydroxylation sites is 2. The summed E-state index contributed by atoms with van der Waals surface area (Å²) in [5.74, 6) is -2.65. The van der Waals surface area contributed by atoms with Crippen LogP contribution >= 0.6 is 24.0 Å². The van der Waals surface area contributed by atoms with Crippen molar-refractivity contribution >= 4 is 68.2 Å². The first-order chi connectivity index (χ1) is 26.4. The molecule has 3 aliphatic heterocycles. The SMILES string of the molecule is C.COc1cccc(C)c1C(=O)OC[C@@H]1C=CC(=O)O1.COc1ccccc1C(=O)O.I.O=C1C=C[C@@H](CO)O1.O=C1C=C[C@@H](COC(=O)c2ccccc2O)O1.[2HH].[B]. The number of esters is 5. The molecule has 3 aromatic carbocycles. The van der Waals surface area contributed by atoms with E-state index >= 15 is 0 Å². The highest BCUT2D eigenvalue weighted by Gasteiger charge is 2.22. The van der Waals surface area contributed by atoms with E-state index in [1.54, 1.807) is 61.5 Å². The Hall–Kier alpha value is -6.15. The number of hydrogen-bond acceptors (Lipinski definition) is 15. The summed E-state index contributed by atoms with van der Waals surface area (Å²) >= 11 is 0. The van der Waals surface area contributed by atoms with Crippen LogP contribution in [0.15, 0.2) is 103 Å². The molecule has 3 aromatic rings. The van der Waals surface area contributed by atoms with Gasteiger partial charge in [-0.25, -0.2) is 28.8 Å². The zero-order valence-corrected chi connectivity index (χ0v) is 33.1. The number of aryl methyl sites for hydroxylation is 1. The topological polar surface area (TPSA) is 228 Å². The number of aromatic carboxylic acids is 1. The van der Waals surface area contributed by atoms with Crippen LogP contribution in [-0.4, -0.2) is 112 Å². The Morgan fingerprint density at radius 3 is 1.53 bits per heavy atom. The second kappa shape index (κ2) is 26.7. The number of carbonyl (C=O) groups is 6. The standard InChI is InChI=1S/C14H14O5.C12H10O5.C8H8O3.C5H6O3.CH4.B.HI.H2/c1-9-4-3-5-11(17-2)13(9)14(16)18-8-10-6-7-12(15)19-10;13-10-4-2-1-3-9(10)12(15)16-7-8-5-6-11(14)17-8;1-11-7-5-3-2-4-6(7)8(9)10;6-3-4-1-2-5(7)8-4;;;;/h3-7,10H,8H2,1-2H3;1-6,8,13H,7H2;2-5H,1H3,(H,9,10);1-2,4,6H,3H2;1H4;;2*1H/t10-;8-;;4-;;;;/m00.0..../s1/i;;;;;;;1+1. The van der Waals surface area contributed by atoms with Gasteiger partial charge in [0.05, 0.1) is 20.8 Å². The maximum Gasteiger partial charge on any atom is 0.342 e. The van der Waals surface area contributed by atoms with E-state index in [1.807, 2.05) is 0 Å². The summed E-state index contributed by atoms with van der Waals surface area (Å²) in [7, 11) is 2.94. The molecule has 0 spiro atoms. The number of ether oxygens (including phenoxy) is 7. The Kier molecular flexibility index (Phi) is 23.8. The molecule has 0 amide bonds. The van der Waals surface area contributed by atoms with Crippen molar-refractivity contribution in [1.29, 1.82) is 0 Å². The van der Waals surface area contributed by atoms with Gasteiger partial charge in [0, 0.05) is 28.1 Å². The van der Waals surface area contributed by atoms with E-state index in [0.29, 0.717) is 17.1 Å². The fourth-order valence-corrected chi connectivity index (χ4v) is 4.52. The van der Waals surface area contributed by atoms with Crippen molar-refractivity contribution in [2.45, 2.75) is 32.7 Å². The van der Waals surface area contributed by atoms with E-state index in [0.717, 1.165) is 5.56 Å². The predicted molar refractivity (Wildman–Crippen MR) is 221 cm³/mol. The fourth-order valence-electron chi connectivity index (χ4n) is 4.52. The van der Waals surface area contributed by atoms with Gasteiger partial charge in [-0.3, -0.25) is 0 Å². The average Bonchev–Trinajstić information content (AvgIpc) is 3.94. The van der Waals surface area contributed by atoms with Gasteiger partial charge in [0.15, 0.2) is 12.2 Å². The van der Waals surface area contributed by atoms with Crippen LogP contribution in [0.5, 0.6) is 17.2 Å². The zero-order valence-electron chi connectivity index (χ0n) is 30.8. The van der Waals surface area contributed by atoms with Gasteiger partial charge >= 0.3 is 35.8 Å². The maximum absolute atomic E-state index is 12.0. The molecular formula is C40H45BIO16. The second-order valence-electron chi connectivity index (χ2n) is 11.1. The number of benzene rings is 3. The lowest BCUT2D eigenvalue weighted by Crippen LogP contribution is -2.19. The molecule has 3 heterocycles. The summed E-state index contributed by atoms with van der Waals surface area (Å²) in [6.45, 7) is 1.62. The molecular weight excluding hydrogens is 874 g/mol. The van der Waals surface area contributed by atoms with Crippen LogP contribution in [0.1, 0.15) is 45.5 Å². The zero-order chi connectivity index (χ0) is 40.3. The summed E-state index contributed by atoms with van der Waals surface area (Å²) in [5.41, 5.74) is 1.43. The van der Waals surface area contributed by atoms with Crippen molar-refractivity contribution in [3.05, 3.63) is 125 Å². The minimum Gasteiger partial charge on any atom is -0.507 e. The number of cyclic esters (lactones) is 3. The Labute approximate surface area is 355 Å². The molecule has 0 fully saturated rings. The molecule has 0 saturated heterocycles. The number of rotatable bonds is 10. The third-order valence-electron chi connectivity index (χ3n) is 7.20. The van der Waals surface area contributed by atoms with Crippen molar-refractivity contribution in [3.63, 3.8) is 0 Å². The predicted octanol–water partition coefficient (Wildman–Crippen LogP) is 4.65. The van der Waals surface area contributed by atoms with Crippen LogP contribution < -0.4 is 9.47 Å². The largest absolute Gasteiger partial charge is 0.507 e. The number of carbonyl (C=O) groups excluding carboxylic acids is 5. The highest BCUT2D eigenvalue weighted by Crippen LogP contribution is 2.23. The first kappa shape index (κ1) is 51.9. The molecule has 0 bridgehead atoms. The van der Waals surface area contributed by atoms with Gasteiger partial charge < -0.3 is 48.5 Å². The molecule has 3 atom stereocenters. The number of hydrogen-bond donors (Lipinski definition) is 3. The number of aliphatic hydroxyl groups excluding tert-OH is 1. The van der Waals surface area contributed by atoms with Gasteiger partial charge in [0.25, 0.3) is 0 Å². The normalized spacial score (nSPS) is 16.2. The number of aliphatic hydroxyl groups is 1. The van der Waals surface area contributed by atoms with Gasteiger partial charge in [-0.05, 0) is 61.0 Å². The van der Waals surface area contributed by atoms with Gasteiger partial charge in [-0.2, -0.15) is 0 Å². The first-order valence-corrected chi connectivity index (χ1v) is 16.3. The summed E-state index contributed by atoms with van der Waals surface area (Å²) in [6, 6.07) is 17.9. The lowest BCUT2D eigenvalue weighted by molar-refractivity contribution is -0.140. The van der Waals surface area contributed by atoms with Crippen molar-refractivity contribution in [3.8, 4) is 17.2 Å². The van der Waals surface area contributed by atoms with Crippen molar-refractivity contribution in [2.24, 2.45) is 0 Å². The lowest BCUT2D eigenvalue weighted by Gasteiger charge is -2.13. The third-order valence-corrected chi connectivity index (χ3v) is 7.20. The van der Waals surface area contributed by atoms with Crippen LogP contribution in [0.2, 0.25) is 0 Å². The van der Waals surface area contributed by atoms with E-state index in [4.69, 9.17) is 38.6 Å². The van der Waals surface area contributed by atoms with Crippen molar-refractivity contribution < 1.29 is 78.7 Å². The molecule has 311 valence electrons. The first-order valence-electron chi connectivity index (χ1n) is 16.3. The minimum atomic E-state index is -0.970. The van der Waals surface area contributed by atoms with Crippen molar-refractivity contribution in [1.82, 2.24) is 0 Å². The molecule has 3 N–H and O–H groups in total. The Morgan fingerprint density at radius 1 is 0.672 bits per heavy atom. The van der Waals surface area contributed by atoms with E-state index < -0.39 is 48.2 Å². The molecule has 58 heavy (non-hydrogen) atoms. The number of methoxy groups -OCH3 is 2. The molecule has 3 aliphatic rings. The Balaban J connectivity index is 0. The summed E-state index contributed by atoms with van der Waals surface area (Å²) in [6.07, 6.45) is 7.05. The quantitative estimate of drug-likeness (QED) is 0.109. The molecule has 18 heteroatoms. The lowest BCUT2D eigenvalue weighted by atomic mass is 10.1. The third kappa shape index (κ3) is 16.5. The molecule has 0 aliphatic carbocycles. The van der Waals surface area contributed by atoms with E-state index in [9.17, 15) is 33.9 Å². The summed E-state index contributed by atoms with van der Waals surface area (Å²) in [4.78, 5) is 65.9. The fraction of sp³-hybridized carbons (Fsp3) is 0.250. The van der Waals surface area contributed by atoms with E-state index in [-0.39, 0.29) is 83.9 Å². The molecule has 16 nitrogen and oxygen atoms in total. The summed E-state index contributed by atoms with van der Waals surface area (Å²) < 4.78 is 34.2. The monoisotopic (exact) mass is 920 g/mol. The number of carboxylic acids is 1. The molecule has 6 rings (SSSR count). The molecule has 0 saturated carbocycles. The van der Waals surface area contributed by atoms with Gasteiger partial charge in [0.2, 0.25) is 0 Å². The summed E-state index contributed by atoms with van der Waals surface area (Å²) in [5, 5.41) is 26.4. The van der Waals surface area contributed by atoms with Crippen LogP contribution in [-0.2, 0) is 38.1 Å². The number of aromatic hydroxyl groups is 1. The highest BCUT2D eigenvalue weighted by atomic mass is 127. The Morgan fingerprint density at radius 2 is 1.12 bits per heavy atom. The van der Waals surface area contributed by atoms with E-state index in [1.165, 1.54) is 62.8 Å². The van der Waals surface area contributed by atoms with E-state index in [2.05, 4.69) is 4.74 Å². The molecule has 0 aromatic heterocycles. The van der Waals surface area contributed by atoms with Gasteiger partial charge in [0.1, 0.15) is 53.3 Å². The van der Waals surface area contributed by atoms with Gasteiger partial charge in [-0.1, -0.05) is 43.8 Å². The van der Waals surface area contributed by atoms with Crippen LogP contribution in [0.3, 0.4) is 0 Å². The minimum absolute atomic E-state index is 0. The van der Waals surface area contributed by atoms with Gasteiger partial charge in [-0.15, -0.1) is 24.0 Å². The van der Waals surface area contributed by atoms with Crippen molar-refractivity contribution in [2.75, 3.05) is 34.0 Å².